The first-order chi connectivity index (χ1) is 23.7. The van der Waals surface area contributed by atoms with Crippen LogP contribution in [0.1, 0.15) is 79.7 Å². The standard InChI is InChI=1S/C35H38F3N3O4.C2H4O.C2H6/c1-21-16-27(34(43)44-5)8-12-30(21)24(4)33(25-6-9-28(10-7-25)35(36,37)38)39-29-11-13-31-26(17-29)14-15-41(31)32(42)20-40-18-22(2)45-23(3)19-40;1-2-3;1-2/h6-13,16-17,22-23,39H,14-15,18-20H2,1-5H3;2H,1H3;1-2H3/b33-24+;;. The fraction of sp³-hybridized carbons (Fsp3) is 0.410. The number of morpholine rings is 1. The molecule has 3 aromatic carbocycles. The first kappa shape index (κ1) is 40.0. The van der Waals surface area contributed by atoms with Gasteiger partial charge in [0.1, 0.15) is 6.29 Å². The molecule has 0 aromatic heterocycles. The van der Waals surface area contributed by atoms with Crippen LogP contribution in [-0.4, -0.2) is 68.6 Å². The second kappa shape index (κ2) is 18.0. The van der Waals surface area contributed by atoms with Crippen molar-refractivity contribution in [1.82, 2.24) is 4.90 Å². The van der Waals surface area contributed by atoms with Gasteiger partial charge in [-0.3, -0.25) is 9.69 Å². The van der Waals surface area contributed by atoms with Crippen molar-refractivity contribution >= 4 is 40.8 Å². The second-order valence-electron chi connectivity index (χ2n) is 12.0. The summed E-state index contributed by atoms with van der Waals surface area (Å²) in [5.74, 6) is -0.407. The lowest BCUT2D eigenvalue weighted by molar-refractivity contribution is -0.137. The van der Waals surface area contributed by atoms with E-state index in [1.54, 1.807) is 12.1 Å². The van der Waals surface area contributed by atoms with Gasteiger partial charge < -0.3 is 24.5 Å². The molecular formula is C39H48F3N3O5. The number of hydrogen-bond donors (Lipinski definition) is 1. The van der Waals surface area contributed by atoms with Crippen molar-refractivity contribution in [3.63, 3.8) is 0 Å². The van der Waals surface area contributed by atoms with Crippen LogP contribution in [0.2, 0.25) is 0 Å². The molecule has 11 heteroatoms. The molecule has 0 radical (unpaired) electrons. The van der Waals surface area contributed by atoms with Gasteiger partial charge in [0.05, 0.1) is 37.0 Å². The van der Waals surface area contributed by atoms with Crippen LogP contribution in [0.3, 0.4) is 0 Å². The zero-order valence-electron chi connectivity index (χ0n) is 30.1. The molecule has 0 saturated carbocycles. The molecule has 2 aliphatic rings. The summed E-state index contributed by atoms with van der Waals surface area (Å²) >= 11 is 0. The molecule has 1 amide bonds. The van der Waals surface area contributed by atoms with Crippen molar-refractivity contribution in [3.8, 4) is 0 Å². The lowest BCUT2D eigenvalue weighted by Crippen LogP contribution is -2.49. The zero-order chi connectivity index (χ0) is 37.2. The first-order valence-electron chi connectivity index (χ1n) is 16.8. The molecule has 0 spiro atoms. The molecule has 1 fully saturated rings. The van der Waals surface area contributed by atoms with Gasteiger partial charge in [0, 0.05) is 36.7 Å². The number of esters is 1. The smallest absolute Gasteiger partial charge is 0.416 e. The van der Waals surface area contributed by atoms with E-state index in [-0.39, 0.29) is 18.1 Å². The topological polar surface area (TPSA) is 88.2 Å². The molecule has 3 aromatic rings. The lowest BCUT2D eigenvalue weighted by atomic mass is 9.95. The molecule has 8 nitrogen and oxygen atoms in total. The SMILES string of the molecule is CC.CC=O.COC(=O)c1ccc(/C(C)=C(/Nc2ccc3c(c2)CCN3C(=O)CN2CC(C)OC(C)C2)c2ccc(C(F)(F)F)cc2)c(C)c1. The van der Waals surface area contributed by atoms with Crippen molar-refractivity contribution in [1.29, 1.82) is 0 Å². The van der Waals surface area contributed by atoms with Gasteiger partial charge in [-0.1, -0.05) is 32.0 Å². The number of hydrogen-bond acceptors (Lipinski definition) is 7. The van der Waals surface area contributed by atoms with Gasteiger partial charge in [0.15, 0.2) is 0 Å². The zero-order valence-corrected chi connectivity index (χ0v) is 30.1. The van der Waals surface area contributed by atoms with E-state index in [1.807, 2.05) is 70.7 Å². The van der Waals surface area contributed by atoms with E-state index < -0.39 is 17.7 Å². The number of nitrogens with one attached hydrogen (secondary N) is 1. The normalized spacial score (nSPS) is 17.6. The lowest BCUT2D eigenvalue weighted by Gasteiger charge is -2.35. The molecule has 0 aliphatic carbocycles. The maximum Gasteiger partial charge on any atom is 0.416 e. The van der Waals surface area contributed by atoms with Crippen LogP contribution in [-0.2, 0) is 31.7 Å². The van der Waals surface area contributed by atoms with Crippen molar-refractivity contribution in [2.45, 2.75) is 73.3 Å². The number of ether oxygens (including phenoxy) is 2. The van der Waals surface area contributed by atoms with Crippen molar-refractivity contribution in [3.05, 3.63) is 94.0 Å². The van der Waals surface area contributed by atoms with Crippen LogP contribution in [0.25, 0.3) is 11.3 Å². The summed E-state index contributed by atoms with van der Waals surface area (Å²) in [7, 11) is 1.32. The molecule has 0 bridgehead atoms. The van der Waals surface area contributed by atoms with Crippen LogP contribution >= 0.6 is 0 Å². The molecule has 2 aliphatic heterocycles. The Bertz CT molecular complexity index is 1660. The van der Waals surface area contributed by atoms with E-state index in [4.69, 9.17) is 14.3 Å². The second-order valence-corrected chi connectivity index (χ2v) is 12.0. The maximum absolute atomic E-state index is 13.4. The summed E-state index contributed by atoms with van der Waals surface area (Å²) in [6, 6.07) is 16.0. The Kier molecular flexibility index (Phi) is 14.4. The molecular weight excluding hydrogens is 647 g/mol. The summed E-state index contributed by atoms with van der Waals surface area (Å²) in [5, 5.41) is 3.46. The number of anilines is 2. The predicted octanol–water partition coefficient (Wildman–Crippen LogP) is 8.03. The molecule has 1 saturated heterocycles. The average molecular weight is 696 g/mol. The minimum absolute atomic E-state index is 0.0443. The minimum atomic E-state index is -4.45. The summed E-state index contributed by atoms with van der Waals surface area (Å²) in [5.41, 5.74) is 5.93. The fourth-order valence-corrected chi connectivity index (χ4v) is 6.25. The molecule has 270 valence electrons. The van der Waals surface area contributed by atoms with Gasteiger partial charge in [0.25, 0.3) is 0 Å². The molecule has 50 heavy (non-hydrogen) atoms. The van der Waals surface area contributed by atoms with Gasteiger partial charge in [-0.25, -0.2) is 4.79 Å². The third kappa shape index (κ3) is 10.0. The largest absolute Gasteiger partial charge is 0.465 e. The average Bonchev–Trinajstić information content (AvgIpc) is 3.50. The maximum atomic E-state index is 13.4. The number of benzene rings is 3. The van der Waals surface area contributed by atoms with Crippen LogP contribution < -0.4 is 10.2 Å². The van der Waals surface area contributed by atoms with Crippen LogP contribution in [0.5, 0.6) is 0 Å². The van der Waals surface area contributed by atoms with E-state index in [2.05, 4.69) is 10.2 Å². The number of halogens is 3. The van der Waals surface area contributed by atoms with E-state index in [0.29, 0.717) is 49.4 Å². The summed E-state index contributed by atoms with van der Waals surface area (Å²) in [6.45, 7) is 15.6. The number of rotatable bonds is 7. The number of allylic oxidation sites excluding steroid dienone is 1. The van der Waals surface area contributed by atoms with Gasteiger partial charge >= 0.3 is 12.1 Å². The number of aldehydes is 1. The number of aryl methyl sites for hydroxylation is 1. The van der Waals surface area contributed by atoms with E-state index >= 15 is 0 Å². The molecule has 5 rings (SSSR count). The van der Waals surface area contributed by atoms with Gasteiger partial charge in [-0.05, 0) is 111 Å². The Morgan fingerprint density at radius 3 is 2.14 bits per heavy atom. The number of fused-ring (bicyclic) bond motifs is 1. The van der Waals surface area contributed by atoms with E-state index in [1.165, 1.54) is 26.2 Å². The Labute approximate surface area is 293 Å². The summed E-state index contributed by atoms with van der Waals surface area (Å²) in [4.78, 5) is 38.2. The van der Waals surface area contributed by atoms with Gasteiger partial charge in [-0.15, -0.1) is 0 Å². The van der Waals surface area contributed by atoms with Crippen LogP contribution in [0, 0.1) is 6.92 Å². The third-order valence-electron chi connectivity index (χ3n) is 8.33. The Balaban J connectivity index is 0.00000128. The van der Waals surface area contributed by atoms with Crippen molar-refractivity contribution in [2.24, 2.45) is 0 Å². The molecule has 2 atom stereocenters. The van der Waals surface area contributed by atoms with Crippen LogP contribution in [0.4, 0.5) is 24.5 Å². The molecule has 2 heterocycles. The van der Waals surface area contributed by atoms with E-state index in [0.717, 1.165) is 52.1 Å². The number of nitrogens with zero attached hydrogens (tertiary/aromatic N) is 2. The Morgan fingerprint density at radius 1 is 0.980 bits per heavy atom. The minimum Gasteiger partial charge on any atom is -0.465 e. The highest BCUT2D eigenvalue weighted by Crippen LogP contribution is 2.36. The fourth-order valence-electron chi connectivity index (χ4n) is 6.25. The molecule has 1 N–H and O–H groups in total. The van der Waals surface area contributed by atoms with Gasteiger partial charge in [-0.2, -0.15) is 13.2 Å². The quantitative estimate of drug-likeness (QED) is 0.152. The van der Waals surface area contributed by atoms with Crippen LogP contribution in [0.15, 0.2) is 60.7 Å². The summed E-state index contributed by atoms with van der Waals surface area (Å²) in [6.07, 6.45) is -2.86. The Morgan fingerprint density at radius 2 is 1.58 bits per heavy atom. The molecule has 2 unspecified atom stereocenters. The number of carbonyl (C=O) groups excluding carboxylic acids is 3. The first-order valence-corrected chi connectivity index (χ1v) is 16.8. The monoisotopic (exact) mass is 695 g/mol. The Hall–Kier alpha value is -4.48. The highest BCUT2D eigenvalue weighted by atomic mass is 19.4. The van der Waals surface area contributed by atoms with E-state index in [9.17, 15) is 22.8 Å². The number of methoxy groups -OCH3 is 1. The summed E-state index contributed by atoms with van der Waals surface area (Å²) < 4.78 is 50.7. The highest BCUT2D eigenvalue weighted by molar-refractivity contribution is 5.99. The highest BCUT2D eigenvalue weighted by Gasteiger charge is 2.31. The van der Waals surface area contributed by atoms with Gasteiger partial charge in [0.2, 0.25) is 5.91 Å². The van der Waals surface area contributed by atoms with Crippen molar-refractivity contribution < 1.29 is 37.0 Å². The number of carbonyl (C=O) groups is 3. The number of alkyl halides is 3. The third-order valence-corrected chi connectivity index (χ3v) is 8.33. The number of amides is 1. The van der Waals surface area contributed by atoms with Crippen molar-refractivity contribution in [2.75, 3.05) is 43.5 Å². The predicted molar refractivity (Wildman–Crippen MR) is 192 cm³/mol.